The highest BCUT2D eigenvalue weighted by atomic mass is 16.2. The first kappa shape index (κ1) is 73.9. The molecule has 1 saturated carbocycles. The van der Waals surface area contributed by atoms with E-state index in [-0.39, 0.29) is 54.6 Å². The molecule has 25 heteroatoms. The molecule has 534 valence electrons. The van der Waals surface area contributed by atoms with Crippen LogP contribution in [0.2, 0.25) is 0 Å². The average molecular weight is 1390 g/mol. The van der Waals surface area contributed by atoms with Crippen LogP contribution >= 0.6 is 0 Å². The number of hydrogen-bond acceptors (Lipinski definition) is 16. The highest BCUT2D eigenvalue weighted by molar-refractivity contribution is 6.14. The number of imide groups is 3. The zero-order valence-corrected chi connectivity index (χ0v) is 58.6. The number of carbonyl (C=O) groups is 9. The number of hydrogen-bond donors (Lipinski definition) is 5. The lowest BCUT2D eigenvalue weighted by atomic mass is 9.81. The Morgan fingerprint density at radius 2 is 0.854 bits per heavy atom. The van der Waals surface area contributed by atoms with Crippen molar-refractivity contribution >= 4 is 82.5 Å². The highest BCUT2D eigenvalue weighted by Crippen LogP contribution is 2.37. The van der Waals surface area contributed by atoms with Crippen molar-refractivity contribution in [3.8, 4) is 0 Å². The number of carbonyl (C=O) groups excluding carboxylic acids is 9. The number of urea groups is 3. The first-order valence-corrected chi connectivity index (χ1v) is 34.8. The predicted molar refractivity (Wildman–Crippen MR) is 391 cm³/mol. The van der Waals surface area contributed by atoms with Crippen molar-refractivity contribution in [3.05, 3.63) is 229 Å². The second kappa shape index (κ2) is 34.5. The molecular formula is C78H88N16O9. The quantitative estimate of drug-likeness (QED) is 0.0443. The number of likely N-dealkylation sites (N-methyl/N-ethyl adjacent to an activating group) is 3. The fourth-order valence-electron chi connectivity index (χ4n) is 13.7. The molecule has 12 amide bonds. The summed E-state index contributed by atoms with van der Waals surface area (Å²) in [6, 6.07) is 44.4. The number of nitrogen functional groups attached to an aromatic ring is 2. The number of likely N-dealkylation sites (tertiary alicyclic amines) is 3. The molecule has 1 aliphatic carbocycles. The fourth-order valence-corrected chi connectivity index (χ4v) is 13.7. The summed E-state index contributed by atoms with van der Waals surface area (Å²) in [5, 5.41) is 8.86. The second-order valence-electron chi connectivity index (χ2n) is 26.1. The Hall–Kier alpha value is -11.8. The van der Waals surface area contributed by atoms with Crippen LogP contribution in [0.25, 0.3) is 0 Å². The van der Waals surface area contributed by atoms with Crippen LogP contribution in [0.4, 0.5) is 43.3 Å². The SMILES string of the molecule is CC[C@@H](NC(=O)N1C(=O)[C@H](Cc2ccnc(N)c2)[C@H]1C(=O)N(C)c1ncccn1)c1ccccc1.CC[C@@H](NC(=O)N1C(=O)[C@H](Cc2ccncc2)[C@H]1C(=O)N(C)c1ccccc1)C1CCCCC1.C[C@@H](NC(=O)N1C(=O)[C@H](Cc2ccnc(N)c2)[C@H]1C(=O)N(C)c1ccccc1)c1ccccc1. The van der Waals surface area contributed by atoms with Crippen LogP contribution in [0.5, 0.6) is 0 Å². The molecule has 4 fully saturated rings. The first-order valence-electron chi connectivity index (χ1n) is 34.8. The number of nitrogens with one attached hydrogen (secondary N) is 3. The highest BCUT2D eigenvalue weighted by Gasteiger charge is 2.58. The summed E-state index contributed by atoms with van der Waals surface area (Å²) >= 11 is 0. The molecule has 4 aromatic heterocycles. The van der Waals surface area contributed by atoms with Gasteiger partial charge in [0.2, 0.25) is 23.7 Å². The topological polar surface area (TPSA) is 326 Å². The third-order valence-electron chi connectivity index (χ3n) is 19.5. The van der Waals surface area contributed by atoms with Gasteiger partial charge in [-0.15, -0.1) is 0 Å². The summed E-state index contributed by atoms with van der Waals surface area (Å²) in [5.74, 6) is -2.92. The van der Waals surface area contributed by atoms with Crippen molar-refractivity contribution in [2.45, 2.75) is 121 Å². The zero-order valence-electron chi connectivity index (χ0n) is 58.6. The number of amides is 12. The van der Waals surface area contributed by atoms with E-state index >= 15 is 0 Å². The van der Waals surface area contributed by atoms with Crippen molar-refractivity contribution in [1.82, 2.24) is 55.6 Å². The number of nitrogens with zero attached hydrogens (tertiary/aromatic N) is 11. The lowest BCUT2D eigenvalue weighted by Crippen LogP contribution is -2.71. The Bertz CT molecular complexity index is 4240. The molecule has 0 spiro atoms. The van der Waals surface area contributed by atoms with E-state index in [2.05, 4.69) is 47.8 Å². The van der Waals surface area contributed by atoms with Gasteiger partial charge in [0.05, 0.1) is 29.8 Å². The summed E-state index contributed by atoms with van der Waals surface area (Å²) in [7, 11) is 4.86. The number of benzene rings is 4. The van der Waals surface area contributed by atoms with Gasteiger partial charge >= 0.3 is 18.1 Å². The Labute approximate surface area is 599 Å². The number of rotatable bonds is 20. The Kier molecular flexibility index (Phi) is 24.8. The Balaban J connectivity index is 0.000000166. The largest absolute Gasteiger partial charge is 0.384 e. The summed E-state index contributed by atoms with van der Waals surface area (Å²) in [6.45, 7) is 5.84. The van der Waals surface area contributed by atoms with Crippen LogP contribution in [-0.2, 0) is 48.0 Å². The molecule has 9 atom stereocenters. The summed E-state index contributed by atoms with van der Waals surface area (Å²) < 4.78 is 0. The van der Waals surface area contributed by atoms with Crippen LogP contribution in [0.15, 0.2) is 201 Å². The molecule has 4 aliphatic rings. The summed E-state index contributed by atoms with van der Waals surface area (Å²) in [5.41, 5.74) is 17.2. The molecule has 7 N–H and O–H groups in total. The number of β-lactam (4-membered cyclic amide) rings is 3. The minimum atomic E-state index is -1.01. The number of pyridine rings is 3. The van der Waals surface area contributed by atoms with Gasteiger partial charge in [-0.25, -0.2) is 34.3 Å². The predicted octanol–water partition coefficient (Wildman–Crippen LogP) is 9.70. The van der Waals surface area contributed by atoms with Gasteiger partial charge in [-0.1, -0.05) is 130 Å². The third-order valence-corrected chi connectivity index (χ3v) is 19.5. The molecule has 25 nitrogen and oxygen atoms in total. The van der Waals surface area contributed by atoms with Gasteiger partial charge in [-0.05, 0) is 152 Å². The fraction of sp³-hybridized carbons (Fsp3) is 0.333. The summed E-state index contributed by atoms with van der Waals surface area (Å²) in [6.07, 6.45) is 17.6. The molecule has 12 rings (SSSR count). The van der Waals surface area contributed by atoms with Crippen LogP contribution in [0, 0.1) is 23.7 Å². The van der Waals surface area contributed by atoms with Crippen LogP contribution in [0.1, 0.15) is 106 Å². The van der Waals surface area contributed by atoms with Gasteiger partial charge in [-0.2, -0.15) is 0 Å². The molecule has 3 aliphatic heterocycles. The Morgan fingerprint density at radius 1 is 0.456 bits per heavy atom. The van der Waals surface area contributed by atoms with E-state index in [1.807, 2.05) is 135 Å². The maximum atomic E-state index is 13.6. The minimum Gasteiger partial charge on any atom is -0.384 e. The monoisotopic (exact) mass is 1390 g/mol. The van der Waals surface area contributed by atoms with Crippen molar-refractivity contribution in [3.63, 3.8) is 0 Å². The van der Waals surface area contributed by atoms with E-state index < -0.39 is 71.7 Å². The van der Waals surface area contributed by atoms with Gasteiger partial charge in [0.25, 0.3) is 17.7 Å². The van der Waals surface area contributed by atoms with Crippen LogP contribution in [-0.4, -0.2) is 138 Å². The first-order chi connectivity index (χ1) is 49.8. The van der Waals surface area contributed by atoms with Crippen molar-refractivity contribution in [2.24, 2.45) is 23.7 Å². The molecule has 3 saturated heterocycles. The summed E-state index contributed by atoms with van der Waals surface area (Å²) in [4.78, 5) is 148. The number of anilines is 5. The molecule has 0 radical (unpaired) electrons. The van der Waals surface area contributed by atoms with Gasteiger partial charge in [0, 0.05) is 75.7 Å². The van der Waals surface area contributed by atoms with Crippen LogP contribution < -0.4 is 42.1 Å². The van der Waals surface area contributed by atoms with E-state index in [9.17, 15) is 43.2 Å². The number of para-hydroxylation sites is 2. The van der Waals surface area contributed by atoms with Gasteiger partial charge in [0.15, 0.2) is 0 Å². The standard InChI is InChI=1S/C27H34N4O3.C26H27N5O3.C25H27N7O3/c1-3-23(20-10-6-4-7-11-20)29-27(34)31-24(26(33)30(2)21-12-8-5-9-13-21)22(25(31)32)18-19-14-16-28-17-15-19;1-17(19-9-5-3-6-10-19)29-26(34)31-23(25(33)30(2)20-11-7-4-8-12-20)21(24(31)32)15-18-13-14-28-22(27)16-18;1-3-19(17-8-5-4-6-9-17)30-25(35)32-21(23(34)31(2)24-28-11-7-12-29-24)18(22(32)33)14-16-10-13-27-20(26)15-16/h5,8-9,12-17,20,22-24H,3-4,6-7,10-11,18H2,1-2H3,(H,29,34);3-14,16-17,21,23H,15H2,1-2H3,(H2,27,28)(H,29,34);4-13,15,18-19,21H,3,14H2,1-2H3,(H2,26,27)(H,30,35)/t22-,23-,24+;17-,21-,23+;18-,19-,21+/m111/s1. The van der Waals surface area contributed by atoms with E-state index in [0.717, 1.165) is 67.5 Å². The van der Waals surface area contributed by atoms with E-state index in [0.29, 0.717) is 36.1 Å². The normalized spacial score (nSPS) is 19.1. The molecule has 8 aromatic rings. The minimum absolute atomic E-state index is 0.0162. The van der Waals surface area contributed by atoms with Crippen molar-refractivity contribution in [2.75, 3.05) is 47.3 Å². The molecule has 103 heavy (non-hydrogen) atoms. The molecule has 7 heterocycles. The maximum absolute atomic E-state index is 13.6. The average Bonchev–Trinajstić information content (AvgIpc) is 0.755. The van der Waals surface area contributed by atoms with Crippen molar-refractivity contribution < 1.29 is 43.2 Å². The molecule has 0 bridgehead atoms. The maximum Gasteiger partial charge on any atom is 0.325 e. The van der Waals surface area contributed by atoms with Crippen LogP contribution in [0.3, 0.4) is 0 Å². The lowest BCUT2D eigenvalue weighted by molar-refractivity contribution is -0.156. The number of nitrogens with two attached hydrogens (primary N) is 2. The van der Waals surface area contributed by atoms with E-state index in [1.165, 1.54) is 53.4 Å². The number of aromatic nitrogens is 5. The second-order valence-corrected chi connectivity index (χ2v) is 26.1. The Morgan fingerprint density at radius 3 is 1.29 bits per heavy atom. The van der Waals surface area contributed by atoms with Gasteiger partial charge < -0.3 is 37.2 Å². The molecular weight excluding hydrogens is 1300 g/mol. The lowest BCUT2D eigenvalue weighted by Gasteiger charge is -2.46. The van der Waals surface area contributed by atoms with Gasteiger partial charge in [0.1, 0.15) is 29.8 Å². The smallest absolute Gasteiger partial charge is 0.325 e. The van der Waals surface area contributed by atoms with E-state index in [1.54, 1.807) is 81.3 Å². The third kappa shape index (κ3) is 17.5. The van der Waals surface area contributed by atoms with E-state index in [4.69, 9.17) is 11.5 Å². The van der Waals surface area contributed by atoms with Gasteiger partial charge in [-0.3, -0.25) is 53.4 Å². The molecule has 0 unspecified atom stereocenters. The molecule has 4 aromatic carbocycles. The zero-order chi connectivity index (χ0) is 73.3. The van der Waals surface area contributed by atoms with Crippen molar-refractivity contribution in [1.29, 1.82) is 0 Å².